The molecule has 2 aromatic rings. The standard InChI is InChI=1S/C18H25N3O2/c1-14-4-6-17(7-5-14)23-13-16(22)12-21-10-2-3-15(11-21)18-19-8-9-20-18/h4-9,15-16,22H,2-3,10-13H2,1H3,(H,19,20). The predicted octanol–water partition coefficient (Wildman–Crippen LogP) is 2.34. The first-order chi connectivity index (χ1) is 11.2. The number of β-amino-alcohol motifs (C(OH)–C–C–N with tert-alkyl or cyclic N) is 1. The molecule has 1 fully saturated rings. The number of piperidine rings is 1. The largest absolute Gasteiger partial charge is 0.491 e. The van der Waals surface area contributed by atoms with Gasteiger partial charge < -0.3 is 14.8 Å². The quantitative estimate of drug-likeness (QED) is 0.859. The summed E-state index contributed by atoms with van der Waals surface area (Å²) in [6.45, 7) is 4.98. The minimum Gasteiger partial charge on any atom is -0.491 e. The van der Waals surface area contributed by atoms with Gasteiger partial charge in [-0.2, -0.15) is 0 Å². The van der Waals surface area contributed by atoms with Crippen LogP contribution in [-0.2, 0) is 0 Å². The van der Waals surface area contributed by atoms with Crippen molar-refractivity contribution in [2.45, 2.75) is 31.8 Å². The lowest BCUT2D eigenvalue weighted by molar-refractivity contribution is 0.0578. The number of ether oxygens (including phenoxy) is 1. The first kappa shape index (κ1) is 16.0. The topological polar surface area (TPSA) is 61.4 Å². The number of benzene rings is 1. The van der Waals surface area contributed by atoms with Crippen LogP contribution in [0.2, 0.25) is 0 Å². The maximum absolute atomic E-state index is 10.2. The second-order valence-corrected chi connectivity index (χ2v) is 6.35. The number of aliphatic hydroxyl groups excluding tert-OH is 1. The molecule has 0 radical (unpaired) electrons. The minimum atomic E-state index is -0.480. The van der Waals surface area contributed by atoms with Crippen molar-refractivity contribution in [2.24, 2.45) is 0 Å². The number of H-pyrrole nitrogens is 1. The highest BCUT2D eigenvalue weighted by atomic mass is 16.5. The lowest BCUT2D eigenvalue weighted by atomic mass is 9.97. The number of hydrogen-bond acceptors (Lipinski definition) is 4. The van der Waals surface area contributed by atoms with Crippen LogP contribution in [0.3, 0.4) is 0 Å². The maximum atomic E-state index is 10.2. The smallest absolute Gasteiger partial charge is 0.119 e. The number of nitrogens with one attached hydrogen (secondary N) is 1. The van der Waals surface area contributed by atoms with Crippen molar-refractivity contribution < 1.29 is 9.84 Å². The Morgan fingerprint density at radius 3 is 2.96 bits per heavy atom. The van der Waals surface area contributed by atoms with E-state index in [4.69, 9.17) is 4.74 Å². The molecule has 0 saturated carbocycles. The molecule has 1 aromatic heterocycles. The zero-order valence-corrected chi connectivity index (χ0v) is 13.6. The molecule has 0 spiro atoms. The number of nitrogens with zero attached hydrogens (tertiary/aromatic N) is 2. The monoisotopic (exact) mass is 315 g/mol. The fourth-order valence-electron chi connectivity index (χ4n) is 3.12. The molecule has 0 bridgehead atoms. The third-order valence-corrected chi connectivity index (χ3v) is 4.34. The maximum Gasteiger partial charge on any atom is 0.119 e. The summed E-state index contributed by atoms with van der Waals surface area (Å²) in [5.74, 6) is 2.30. The van der Waals surface area contributed by atoms with Gasteiger partial charge in [0.2, 0.25) is 0 Å². The number of aromatic nitrogens is 2. The van der Waals surface area contributed by atoms with E-state index in [1.54, 1.807) is 6.20 Å². The number of hydrogen-bond donors (Lipinski definition) is 2. The molecule has 1 aliphatic heterocycles. The summed E-state index contributed by atoms with van der Waals surface area (Å²) >= 11 is 0. The van der Waals surface area contributed by atoms with E-state index in [1.807, 2.05) is 37.4 Å². The van der Waals surface area contributed by atoms with Gasteiger partial charge >= 0.3 is 0 Å². The molecule has 1 aromatic carbocycles. The summed E-state index contributed by atoms with van der Waals surface area (Å²) < 4.78 is 5.67. The molecule has 0 amide bonds. The van der Waals surface area contributed by atoms with Crippen molar-refractivity contribution in [1.29, 1.82) is 0 Å². The normalized spacial score (nSPS) is 20.3. The fraction of sp³-hybridized carbons (Fsp3) is 0.500. The van der Waals surface area contributed by atoms with Gasteiger partial charge in [0.15, 0.2) is 0 Å². The molecule has 23 heavy (non-hydrogen) atoms. The molecule has 3 rings (SSSR count). The Morgan fingerprint density at radius 1 is 1.39 bits per heavy atom. The molecule has 2 atom stereocenters. The molecule has 2 heterocycles. The van der Waals surface area contributed by atoms with Crippen LogP contribution < -0.4 is 4.74 Å². The number of aliphatic hydroxyl groups is 1. The number of aryl methyl sites for hydroxylation is 1. The fourth-order valence-corrected chi connectivity index (χ4v) is 3.12. The van der Waals surface area contributed by atoms with E-state index in [0.29, 0.717) is 19.1 Å². The Balaban J connectivity index is 1.45. The van der Waals surface area contributed by atoms with Gasteiger partial charge in [0.25, 0.3) is 0 Å². The van der Waals surface area contributed by atoms with Crippen LogP contribution in [-0.4, -0.2) is 52.3 Å². The van der Waals surface area contributed by atoms with Gasteiger partial charge in [-0.3, -0.25) is 4.90 Å². The number of likely N-dealkylation sites (tertiary alicyclic amines) is 1. The lowest BCUT2D eigenvalue weighted by Gasteiger charge is -2.33. The molecule has 1 saturated heterocycles. The van der Waals surface area contributed by atoms with Crippen molar-refractivity contribution in [2.75, 3.05) is 26.2 Å². The molecule has 0 aliphatic carbocycles. The highest BCUT2D eigenvalue weighted by Crippen LogP contribution is 2.24. The van der Waals surface area contributed by atoms with E-state index in [-0.39, 0.29) is 0 Å². The molecule has 5 nitrogen and oxygen atoms in total. The molecule has 2 N–H and O–H groups in total. The second kappa shape index (κ2) is 7.62. The van der Waals surface area contributed by atoms with Crippen LogP contribution in [0, 0.1) is 6.92 Å². The van der Waals surface area contributed by atoms with E-state index in [1.165, 1.54) is 5.56 Å². The third-order valence-electron chi connectivity index (χ3n) is 4.34. The number of imidazole rings is 1. The van der Waals surface area contributed by atoms with Crippen LogP contribution in [0.25, 0.3) is 0 Å². The Hall–Kier alpha value is -1.85. The van der Waals surface area contributed by atoms with Gasteiger partial charge in [-0.1, -0.05) is 17.7 Å². The first-order valence-corrected chi connectivity index (χ1v) is 8.30. The van der Waals surface area contributed by atoms with Crippen molar-refractivity contribution in [3.63, 3.8) is 0 Å². The minimum absolute atomic E-state index is 0.324. The second-order valence-electron chi connectivity index (χ2n) is 6.35. The van der Waals surface area contributed by atoms with Crippen molar-refractivity contribution >= 4 is 0 Å². The highest BCUT2D eigenvalue weighted by Gasteiger charge is 2.24. The zero-order valence-electron chi connectivity index (χ0n) is 13.6. The van der Waals surface area contributed by atoms with Gasteiger partial charge in [0.05, 0.1) is 0 Å². The Kier molecular flexibility index (Phi) is 5.31. The summed E-state index contributed by atoms with van der Waals surface area (Å²) in [7, 11) is 0. The molecule has 1 aliphatic rings. The van der Waals surface area contributed by atoms with Gasteiger partial charge in [-0.15, -0.1) is 0 Å². The lowest BCUT2D eigenvalue weighted by Crippen LogP contribution is -2.41. The summed E-state index contributed by atoms with van der Waals surface area (Å²) in [5.41, 5.74) is 1.20. The Bertz CT molecular complexity index is 583. The van der Waals surface area contributed by atoms with Crippen molar-refractivity contribution in [1.82, 2.24) is 14.9 Å². The van der Waals surface area contributed by atoms with Gasteiger partial charge in [0, 0.05) is 31.4 Å². The summed E-state index contributed by atoms with van der Waals surface area (Å²) in [6, 6.07) is 7.91. The summed E-state index contributed by atoms with van der Waals surface area (Å²) in [5, 5.41) is 10.2. The average molecular weight is 315 g/mol. The van der Waals surface area contributed by atoms with E-state index in [2.05, 4.69) is 14.9 Å². The van der Waals surface area contributed by atoms with Crippen molar-refractivity contribution in [3.05, 3.63) is 48.0 Å². The van der Waals surface area contributed by atoms with Crippen LogP contribution in [0.15, 0.2) is 36.7 Å². The van der Waals surface area contributed by atoms with E-state index in [0.717, 1.165) is 37.5 Å². The van der Waals surface area contributed by atoms with Gasteiger partial charge in [0.1, 0.15) is 24.3 Å². The SMILES string of the molecule is Cc1ccc(OCC(O)CN2CCCC(c3ncc[nH]3)C2)cc1. The van der Waals surface area contributed by atoms with E-state index < -0.39 is 6.10 Å². The Morgan fingerprint density at radius 2 is 2.22 bits per heavy atom. The van der Waals surface area contributed by atoms with Gasteiger partial charge in [-0.25, -0.2) is 4.98 Å². The highest BCUT2D eigenvalue weighted by molar-refractivity contribution is 5.26. The number of rotatable bonds is 6. The van der Waals surface area contributed by atoms with Crippen LogP contribution in [0.4, 0.5) is 0 Å². The van der Waals surface area contributed by atoms with Gasteiger partial charge in [-0.05, 0) is 38.4 Å². The van der Waals surface area contributed by atoms with Crippen molar-refractivity contribution in [3.8, 4) is 5.75 Å². The molecule has 2 unspecified atom stereocenters. The van der Waals surface area contributed by atoms with Crippen LogP contribution in [0.5, 0.6) is 5.75 Å². The number of aromatic amines is 1. The first-order valence-electron chi connectivity index (χ1n) is 8.30. The molecule has 124 valence electrons. The summed E-state index contributed by atoms with van der Waals surface area (Å²) in [4.78, 5) is 9.88. The zero-order chi connectivity index (χ0) is 16.1. The predicted molar refractivity (Wildman–Crippen MR) is 89.7 cm³/mol. The summed E-state index contributed by atoms with van der Waals surface area (Å²) in [6.07, 6.45) is 5.49. The van der Waals surface area contributed by atoms with Crippen LogP contribution in [0.1, 0.15) is 30.1 Å². The molecular weight excluding hydrogens is 290 g/mol. The third kappa shape index (κ3) is 4.56. The molecule has 5 heteroatoms. The Labute approximate surface area is 137 Å². The van der Waals surface area contributed by atoms with E-state index in [9.17, 15) is 5.11 Å². The average Bonchev–Trinajstić information content (AvgIpc) is 3.09. The van der Waals surface area contributed by atoms with E-state index >= 15 is 0 Å². The van der Waals surface area contributed by atoms with Crippen LogP contribution >= 0.6 is 0 Å². The molecular formula is C18H25N3O2.